The molecule has 1 aliphatic heterocycles. The molecule has 0 aliphatic carbocycles. The molecule has 1 aliphatic rings. The smallest absolute Gasteiger partial charge is 0.241 e. The van der Waals surface area contributed by atoms with Gasteiger partial charge in [-0.1, -0.05) is 49.5 Å². The molecule has 0 fully saturated rings. The topological polar surface area (TPSA) is 50.9 Å². The summed E-state index contributed by atoms with van der Waals surface area (Å²) in [7, 11) is 1.63. The highest BCUT2D eigenvalue weighted by atomic mass is 32.1. The molecule has 2 rings (SSSR count). The van der Waals surface area contributed by atoms with Gasteiger partial charge in [0.05, 0.1) is 0 Å². The van der Waals surface area contributed by atoms with E-state index in [0.29, 0.717) is 23.8 Å². The zero-order chi connectivity index (χ0) is 13.2. The van der Waals surface area contributed by atoms with Crippen molar-refractivity contribution in [3.8, 4) is 0 Å². The summed E-state index contributed by atoms with van der Waals surface area (Å²) >= 11 is 5.33. The average Bonchev–Trinajstić information content (AvgIpc) is 2.65. The van der Waals surface area contributed by atoms with E-state index in [9.17, 15) is 0 Å². The Hall–Kier alpha value is -1.46. The number of rotatable bonds is 4. The number of ether oxygens (including phenoxy) is 1. The minimum absolute atomic E-state index is 0.379. The molecule has 4 nitrogen and oxygen atoms in total. The third-order valence-electron chi connectivity index (χ3n) is 3.15. The standard InChI is InChI=1S/C13H17N3OS/c1-3-13(17-2)15-11(14)12(18)16(13)9-10-7-5-4-6-8-10/h4-8H,3,9H2,1-2H3,(H2,14,15)/t13-/m1/s1. The van der Waals surface area contributed by atoms with Crippen LogP contribution in [0, 0.1) is 0 Å². The molecular weight excluding hydrogens is 246 g/mol. The Labute approximate surface area is 112 Å². The van der Waals surface area contributed by atoms with Gasteiger partial charge in [-0.2, -0.15) is 0 Å². The average molecular weight is 263 g/mol. The SMILES string of the molecule is CC[C@@]1(OC)N=C(N)C(=S)N1Cc1ccccc1. The van der Waals surface area contributed by atoms with Crippen LogP contribution in [0.15, 0.2) is 35.3 Å². The predicted octanol–water partition coefficient (Wildman–Crippen LogP) is 1.90. The quantitative estimate of drug-likeness (QED) is 0.843. The summed E-state index contributed by atoms with van der Waals surface area (Å²) in [6.45, 7) is 2.65. The van der Waals surface area contributed by atoms with Crippen LogP contribution in [-0.4, -0.2) is 28.7 Å². The number of thiocarbonyl (C=S) groups is 1. The molecule has 0 unspecified atom stereocenters. The molecule has 2 N–H and O–H groups in total. The van der Waals surface area contributed by atoms with Crippen molar-refractivity contribution >= 4 is 23.0 Å². The van der Waals surface area contributed by atoms with Crippen LogP contribution in [0.25, 0.3) is 0 Å². The molecule has 0 bridgehead atoms. The van der Waals surface area contributed by atoms with E-state index in [1.165, 1.54) is 0 Å². The zero-order valence-electron chi connectivity index (χ0n) is 10.6. The first-order valence-corrected chi connectivity index (χ1v) is 6.30. The van der Waals surface area contributed by atoms with E-state index in [0.717, 1.165) is 5.56 Å². The Balaban J connectivity index is 2.28. The van der Waals surface area contributed by atoms with Gasteiger partial charge in [0, 0.05) is 20.1 Å². The molecule has 5 heteroatoms. The van der Waals surface area contributed by atoms with Crippen LogP contribution in [-0.2, 0) is 11.3 Å². The van der Waals surface area contributed by atoms with Crippen LogP contribution >= 0.6 is 12.2 Å². The van der Waals surface area contributed by atoms with Crippen molar-refractivity contribution < 1.29 is 4.74 Å². The first-order valence-electron chi connectivity index (χ1n) is 5.89. The lowest BCUT2D eigenvalue weighted by molar-refractivity contribution is -0.0950. The van der Waals surface area contributed by atoms with Crippen LogP contribution in [0.4, 0.5) is 0 Å². The fraction of sp³-hybridized carbons (Fsp3) is 0.385. The summed E-state index contributed by atoms with van der Waals surface area (Å²) in [5.41, 5.74) is 6.99. The van der Waals surface area contributed by atoms with Gasteiger partial charge in [0.15, 0.2) is 5.84 Å². The molecule has 1 heterocycles. The first kappa shape index (κ1) is 13.0. The molecular formula is C13H17N3OS. The summed E-state index contributed by atoms with van der Waals surface area (Å²) in [6, 6.07) is 10.1. The summed E-state index contributed by atoms with van der Waals surface area (Å²) in [6.07, 6.45) is 0.692. The molecule has 1 atom stereocenters. The zero-order valence-corrected chi connectivity index (χ0v) is 11.4. The number of hydrogen-bond acceptors (Lipinski definition) is 4. The van der Waals surface area contributed by atoms with E-state index in [4.69, 9.17) is 22.7 Å². The van der Waals surface area contributed by atoms with Crippen LogP contribution in [0.5, 0.6) is 0 Å². The number of amidine groups is 1. The van der Waals surface area contributed by atoms with Crippen LogP contribution in [0.2, 0.25) is 0 Å². The molecule has 0 aromatic heterocycles. The van der Waals surface area contributed by atoms with Gasteiger partial charge in [-0.25, -0.2) is 4.99 Å². The van der Waals surface area contributed by atoms with Gasteiger partial charge < -0.3 is 15.4 Å². The van der Waals surface area contributed by atoms with Crippen molar-refractivity contribution in [1.82, 2.24) is 4.90 Å². The Bertz CT molecular complexity index is 468. The second kappa shape index (κ2) is 5.04. The minimum atomic E-state index is -0.753. The van der Waals surface area contributed by atoms with Crippen molar-refractivity contribution in [3.63, 3.8) is 0 Å². The second-order valence-electron chi connectivity index (χ2n) is 4.17. The van der Waals surface area contributed by atoms with Gasteiger partial charge in [0.1, 0.15) is 4.99 Å². The van der Waals surface area contributed by atoms with Crippen molar-refractivity contribution in [2.24, 2.45) is 10.7 Å². The van der Waals surface area contributed by atoms with Gasteiger partial charge in [-0.3, -0.25) is 0 Å². The molecule has 1 aromatic carbocycles. The fourth-order valence-electron chi connectivity index (χ4n) is 2.12. The largest absolute Gasteiger partial charge is 0.381 e. The fourth-order valence-corrected chi connectivity index (χ4v) is 2.38. The lowest BCUT2D eigenvalue weighted by Crippen LogP contribution is -2.47. The van der Waals surface area contributed by atoms with Crippen molar-refractivity contribution in [1.29, 1.82) is 0 Å². The number of benzene rings is 1. The molecule has 18 heavy (non-hydrogen) atoms. The number of hydrogen-bond donors (Lipinski definition) is 1. The summed E-state index contributed by atoms with van der Waals surface area (Å²) in [5, 5.41) is 0. The third-order valence-corrected chi connectivity index (χ3v) is 3.58. The molecule has 1 aromatic rings. The third kappa shape index (κ3) is 2.11. The Morgan fingerprint density at radius 3 is 2.61 bits per heavy atom. The molecule has 0 saturated carbocycles. The van der Waals surface area contributed by atoms with E-state index in [1.54, 1.807) is 7.11 Å². The van der Waals surface area contributed by atoms with Gasteiger partial charge in [0.25, 0.3) is 0 Å². The van der Waals surface area contributed by atoms with Crippen molar-refractivity contribution in [2.45, 2.75) is 25.7 Å². The van der Waals surface area contributed by atoms with Crippen LogP contribution < -0.4 is 5.73 Å². The first-order chi connectivity index (χ1) is 8.63. The highest BCUT2D eigenvalue weighted by Gasteiger charge is 2.43. The Morgan fingerprint density at radius 1 is 1.39 bits per heavy atom. The molecule has 0 radical (unpaired) electrons. The highest BCUT2D eigenvalue weighted by Crippen LogP contribution is 2.30. The maximum atomic E-state index is 5.84. The van der Waals surface area contributed by atoms with E-state index in [2.05, 4.69) is 4.99 Å². The maximum absolute atomic E-state index is 5.84. The number of methoxy groups -OCH3 is 1. The van der Waals surface area contributed by atoms with Crippen molar-refractivity contribution in [3.05, 3.63) is 35.9 Å². The van der Waals surface area contributed by atoms with E-state index >= 15 is 0 Å². The summed E-state index contributed by atoms with van der Waals surface area (Å²) in [5.74, 6) is -0.374. The van der Waals surface area contributed by atoms with E-state index < -0.39 is 5.85 Å². The highest BCUT2D eigenvalue weighted by molar-refractivity contribution is 7.82. The maximum Gasteiger partial charge on any atom is 0.241 e. The van der Waals surface area contributed by atoms with Gasteiger partial charge in [-0.05, 0) is 5.56 Å². The molecule has 0 spiro atoms. The second-order valence-corrected chi connectivity index (χ2v) is 4.56. The summed E-state index contributed by atoms with van der Waals surface area (Å²) in [4.78, 5) is 6.87. The number of nitrogens with two attached hydrogens (primary N) is 1. The van der Waals surface area contributed by atoms with E-state index in [1.807, 2.05) is 42.2 Å². The van der Waals surface area contributed by atoms with Gasteiger partial charge in [-0.15, -0.1) is 0 Å². The molecule has 0 saturated heterocycles. The number of aliphatic imine (C=N–C) groups is 1. The predicted molar refractivity (Wildman–Crippen MR) is 76.2 cm³/mol. The van der Waals surface area contributed by atoms with Gasteiger partial charge in [0.2, 0.25) is 5.85 Å². The molecule has 0 amide bonds. The van der Waals surface area contributed by atoms with Gasteiger partial charge >= 0.3 is 0 Å². The minimum Gasteiger partial charge on any atom is -0.381 e. The number of nitrogens with zero attached hydrogens (tertiary/aromatic N) is 2. The van der Waals surface area contributed by atoms with Crippen LogP contribution in [0.3, 0.4) is 0 Å². The van der Waals surface area contributed by atoms with E-state index in [-0.39, 0.29) is 0 Å². The summed E-state index contributed by atoms with van der Waals surface area (Å²) < 4.78 is 5.54. The Morgan fingerprint density at radius 2 is 2.06 bits per heavy atom. The normalized spacial score (nSPS) is 23.3. The molecule has 96 valence electrons. The van der Waals surface area contributed by atoms with Crippen LogP contribution in [0.1, 0.15) is 18.9 Å². The van der Waals surface area contributed by atoms with Crippen molar-refractivity contribution in [2.75, 3.05) is 7.11 Å². The monoisotopic (exact) mass is 263 g/mol. The Kier molecular flexibility index (Phi) is 3.63. The lowest BCUT2D eigenvalue weighted by atomic mass is 10.2. The lowest BCUT2D eigenvalue weighted by Gasteiger charge is -2.35.